The maximum absolute atomic E-state index is 7.22. The quantitative estimate of drug-likeness (QED) is 0.470. The third-order valence-corrected chi connectivity index (χ3v) is 2.38. The Kier molecular flexibility index (Phi) is 4.34. The molecular formula is C14H15N3O2. The van der Waals surface area contributed by atoms with Gasteiger partial charge in [-0.15, -0.1) is 0 Å². The zero-order valence-corrected chi connectivity index (χ0v) is 10.4. The standard InChI is InChI=1S/C14H15N3O2/c15-14(16)13-7-6-12(10-17-13)19-9-8-18-11-4-2-1-3-5-11/h1-7,10H,8-9H2,(H3,15,16). The normalized spacial score (nSPS) is 9.89. The van der Waals surface area contributed by atoms with E-state index in [9.17, 15) is 0 Å². The second-order valence-electron chi connectivity index (χ2n) is 3.80. The molecule has 0 fully saturated rings. The van der Waals surface area contributed by atoms with Crippen LogP contribution in [-0.4, -0.2) is 24.0 Å². The first-order chi connectivity index (χ1) is 9.25. The van der Waals surface area contributed by atoms with Gasteiger partial charge >= 0.3 is 0 Å². The Labute approximate surface area is 111 Å². The molecule has 5 nitrogen and oxygen atoms in total. The fraction of sp³-hybridized carbons (Fsp3) is 0.143. The van der Waals surface area contributed by atoms with E-state index >= 15 is 0 Å². The Hall–Kier alpha value is -2.56. The molecule has 1 heterocycles. The number of nitrogen functional groups attached to an aromatic ring is 1. The molecule has 3 N–H and O–H groups in total. The van der Waals surface area contributed by atoms with Crippen molar-refractivity contribution in [2.45, 2.75) is 0 Å². The van der Waals surface area contributed by atoms with Gasteiger partial charge in [0, 0.05) is 0 Å². The molecule has 0 saturated carbocycles. The fourth-order valence-electron chi connectivity index (χ4n) is 1.46. The van der Waals surface area contributed by atoms with Gasteiger partial charge in [-0.1, -0.05) is 18.2 Å². The SMILES string of the molecule is N=C(N)c1ccc(OCCOc2ccccc2)cn1. The van der Waals surface area contributed by atoms with Gasteiger partial charge in [-0.05, 0) is 24.3 Å². The lowest BCUT2D eigenvalue weighted by molar-refractivity contribution is 0.216. The minimum atomic E-state index is -0.0565. The Morgan fingerprint density at radius 3 is 2.26 bits per heavy atom. The summed E-state index contributed by atoms with van der Waals surface area (Å²) in [6, 6.07) is 12.9. The molecule has 0 bridgehead atoms. The van der Waals surface area contributed by atoms with Crippen molar-refractivity contribution in [1.29, 1.82) is 5.41 Å². The first-order valence-electron chi connectivity index (χ1n) is 5.87. The lowest BCUT2D eigenvalue weighted by Gasteiger charge is -2.08. The van der Waals surface area contributed by atoms with E-state index in [-0.39, 0.29) is 5.84 Å². The van der Waals surface area contributed by atoms with Crippen LogP contribution in [0.5, 0.6) is 11.5 Å². The topological polar surface area (TPSA) is 81.2 Å². The van der Waals surface area contributed by atoms with Crippen LogP contribution in [0.25, 0.3) is 0 Å². The number of rotatable bonds is 6. The maximum atomic E-state index is 7.22. The number of para-hydroxylation sites is 1. The minimum absolute atomic E-state index is 0.0565. The summed E-state index contributed by atoms with van der Waals surface area (Å²) >= 11 is 0. The number of hydrogen-bond donors (Lipinski definition) is 2. The molecule has 2 aromatic rings. The van der Waals surface area contributed by atoms with Crippen molar-refractivity contribution in [3.63, 3.8) is 0 Å². The molecule has 0 amide bonds. The van der Waals surface area contributed by atoms with Crippen LogP contribution >= 0.6 is 0 Å². The lowest BCUT2D eigenvalue weighted by Crippen LogP contribution is -2.13. The highest BCUT2D eigenvalue weighted by atomic mass is 16.5. The molecule has 0 aliphatic heterocycles. The minimum Gasteiger partial charge on any atom is -0.490 e. The van der Waals surface area contributed by atoms with Crippen LogP contribution in [0.1, 0.15) is 5.69 Å². The number of amidine groups is 1. The van der Waals surface area contributed by atoms with E-state index in [0.717, 1.165) is 5.75 Å². The van der Waals surface area contributed by atoms with Crippen molar-refractivity contribution >= 4 is 5.84 Å². The molecule has 0 aliphatic rings. The Bertz CT molecular complexity index is 526. The van der Waals surface area contributed by atoms with Crippen LogP contribution in [0.4, 0.5) is 0 Å². The Balaban J connectivity index is 1.75. The van der Waals surface area contributed by atoms with Gasteiger partial charge in [-0.3, -0.25) is 5.41 Å². The van der Waals surface area contributed by atoms with Crippen LogP contribution in [0.3, 0.4) is 0 Å². The number of nitrogens with one attached hydrogen (secondary N) is 1. The van der Waals surface area contributed by atoms with Gasteiger partial charge < -0.3 is 15.2 Å². The molecule has 98 valence electrons. The molecule has 0 spiro atoms. The van der Waals surface area contributed by atoms with E-state index in [1.807, 2.05) is 30.3 Å². The first kappa shape index (κ1) is 12.9. The highest BCUT2D eigenvalue weighted by Gasteiger charge is 1.99. The summed E-state index contributed by atoms with van der Waals surface area (Å²) in [5.41, 5.74) is 5.75. The van der Waals surface area contributed by atoms with Gasteiger partial charge in [0.2, 0.25) is 0 Å². The average molecular weight is 257 g/mol. The second-order valence-corrected chi connectivity index (χ2v) is 3.80. The monoisotopic (exact) mass is 257 g/mol. The van der Waals surface area contributed by atoms with E-state index < -0.39 is 0 Å². The van der Waals surface area contributed by atoms with E-state index in [4.69, 9.17) is 20.6 Å². The summed E-state index contributed by atoms with van der Waals surface area (Å²) in [6.07, 6.45) is 1.54. The largest absolute Gasteiger partial charge is 0.490 e. The number of benzene rings is 1. The summed E-state index contributed by atoms with van der Waals surface area (Å²) in [5.74, 6) is 1.39. The fourth-order valence-corrected chi connectivity index (χ4v) is 1.46. The van der Waals surface area contributed by atoms with E-state index in [0.29, 0.717) is 24.7 Å². The molecule has 0 aliphatic carbocycles. The molecule has 2 rings (SSSR count). The number of hydrogen-bond acceptors (Lipinski definition) is 4. The smallest absolute Gasteiger partial charge is 0.141 e. The molecule has 0 radical (unpaired) electrons. The van der Waals surface area contributed by atoms with Crippen molar-refractivity contribution < 1.29 is 9.47 Å². The third-order valence-electron chi connectivity index (χ3n) is 2.38. The zero-order chi connectivity index (χ0) is 13.5. The van der Waals surface area contributed by atoms with E-state index in [1.165, 1.54) is 0 Å². The highest BCUT2D eigenvalue weighted by Crippen LogP contribution is 2.10. The van der Waals surface area contributed by atoms with Crippen LogP contribution in [-0.2, 0) is 0 Å². The summed E-state index contributed by atoms with van der Waals surface area (Å²) in [4.78, 5) is 4.00. The number of ether oxygens (including phenoxy) is 2. The maximum Gasteiger partial charge on any atom is 0.141 e. The average Bonchev–Trinajstić information content (AvgIpc) is 2.45. The van der Waals surface area contributed by atoms with Gasteiger partial charge in [0.05, 0.1) is 6.20 Å². The highest BCUT2D eigenvalue weighted by molar-refractivity contribution is 5.92. The molecule has 5 heteroatoms. The van der Waals surface area contributed by atoms with Gasteiger partial charge in [-0.25, -0.2) is 4.98 Å². The Morgan fingerprint density at radius 2 is 1.68 bits per heavy atom. The zero-order valence-electron chi connectivity index (χ0n) is 10.4. The predicted octanol–water partition coefficient (Wildman–Crippen LogP) is 1.82. The molecule has 0 atom stereocenters. The van der Waals surface area contributed by atoms with Crippen molar-refractivity contribution in [3.05, 3.63) is 54.4 Å². The number of pyridine rings is 1. The molecule has 1 aromatic carbocycles. The molecule has 19 heavy (non-hydrogen) atoms. The van der Waals surface area contributed by atoms with Crippen LogP contribution in [0, 0.1) is 5.41 Å². The lowest BCUT2D eigenvalue weighted by atomic mass is 10.3. The van der Waals surface area contributed by atoms with Crippen LogP contribution in [0.2, 0.25) is 0 Å². The predicted molar refractivity (Wildman–Crippen MR) is 72.7 cm³/mol. The van der Waals surface area contributed by atoms with Crippen molar-refractivity contribution in [2.24, 2.45) is 5.73 Å². The van der Waals surface area contributed by atoms with Crippen molar-refractivity contribution in [3.8, 4) is 11.5 Å². The summed E-state index contributed by atoms with van der Waals surface area (Å²) < 4.78 is 11.0. The number of nitrogens with two attached hydrogens (primary N) is 1. The van der Waals surface area contributed by atoms with Crippen molar-refractivity contribution in [1.82, 2.24) is 4.98 Å². The van der Waals surface area contributed by atoms with Crippen molar-refractivity contribution in [2.75, 3.05) is 13.2 Å². The van der Waals surface area contributed by atoms with E-state index in [2.05, 4.69) is 4.98 Å². The van der Waals surface area contributed by atoms with Gasteiger partial charge in [0.25, 0.3) is 0 Å². The Morgan fingerprint density at radius 1 is 1.00 bits per heavy atom. The summed E-state index contributed by atoms with van der Waals surface area (Å²) in [7, 11) is 0. The first-order valence-corrected chi connectivity index (χ1v) is 5.87. The summed E-state index contributed by atoms with van der Waals surface area (Å²) in [6.45, 7) is 0.883. The van der Waals surface area contributed by atoms with Crippen LogP contribution in [0.15, 0.2) is 48.7 Å². The molecule has 0 unspecified atom stereocenters. The molecule has 1 aromatic heterocycles. The van der Waals surface area contributed by atoms with Crippen LogP contribution < -0.4 is 15.2 Å². The molecule has 0 saturated heterocycles. The number of aromatic nitrogens is 1. The molecular weight excluding hydrogens is 242 g/mol. The van der Waals surface area contributed by atoms with E-state index in [1.54, 1.807) is 18.3 Å². The number of nitrogens with zero attached hydrogens (tertiary/aromatic N) is 1. The van der Waals surface area contributed by atoms with Gasteiger partial charge in [-0.2, -0.15) is 0 Å². The summed E-state index contributed by atoms with van der Waals surface area (Å²) in [5, 5.41) is 7.22. The van der Waals surface area contributed by atoms with Gasteiger partial charge in [0.15, 0.2) is 0 Å². The van der Waals surface area contributed by atoms with Gasteiger partial charge in [0.1, 0.15) is 36.2 Å². The third kappa shape index (κ3) is 3.99. The second kappa shape index (κ2) is 6.39.